The summed E-state index contributed by atoms with van der Waals surface area (Å²) < 4.78 is 33.8. The summed E-state index contributed by atoms with van der Waals surface area (Å²) in [6, 6.07) is 26.6. The summed E-state index contributed by atoms with van der Waals surface area (Å²) in [7, 11) is -4.54. The van der Waals surface area contributed by atoms with Gasteiger partial charge in [-0.1, -0.05) is 54.6 Å². The topological polar surface area (TPSA) is 114 Å². The number of nitrogens with one attached hydrogen (secondary N) is 1. The number of amides is 2. The summed E-state index contributed by atoms with van der Waals surface area (Å²) >= 11 is 0. The third-order valence-electron chi connectivity index (χ3n) is 11.3. The van der Waals surface area contributed by atoms with Crippen LogP contribution in [0.3, 0.4) is 0 Å². The van der Waals surface area contributed by atoms with Crippen LogP contribution in [-0.4, -0.2) is 77.0 Å². The average molecular weight is 712 g/mol. The number of carbonyl (C=O) groups is 2. The van der Waals surface area contributed by atoms with Gasteiger partial charge in [-0.05, 0) is 114 Å². The molecule has 3 aliphatic heterocycles. The van der Waals surface area contributed by atoms with Crippen molar-refractivity contribution in [2.75, 3.05) is 19.6 Å². The fraction of sp³-hybridized carbons (Fsp3) is 0.475. The Morgan fingerprint density at radius 3 is 2.20 bits per heavy atom. The second-order valence-corrected chi connectivity index (χ2v) is 17.2. The molecule has 51 heavy (non-hydrogen) atoms. The second kappa shape index (κ2) is 13.7. The highest BCUT2D eigenvalue weighted by molar-refractivity contribution is 7.87. The molecule has 3 fully saturated rings. The second-order valence-electron chi connectivity index (χ2n) is 15.7. The number of para-hydroxylation sites is 2. The van der Waals surface area contributed by atoms with Crippen LogP contribution in [0.2, 0.25) is 0 Å². The summed E-state index contributed by atoms with van der Waals surface area (Å²) in [6.07, 6.45) is 6.14. The number of rotatable bonds is 8. The lowest BCUT2D eigenvalue weighted by molar-refractivity contribution is 0.0603. The van der Waals surface area contributed by atoms with Crippen molar-refractivity contribution < 1.29 is 22.2 Å². The molecule has 11 heteroatoms. The summed E-state index contributed by atoms with van der Waals surface area (Å²) in [5.74, 6) is 0.718. The molecule has 2 atom stereocenters. The summed E-state index contributed by atoms with van der Waals surface area (Å²) in [4.78, 5) is 35.4. The SMILES string of the molecule is Cc1nc2ccccc2n1C1CC2CCC(C1)N2CCC1(c2ccccc2)CCN(C(=O)c2ccccc2S(=O)(=O)OC(=O)NC(C)(C)C)CC1. The van der Waals surface area contributed by atoms with Crippen LogP contribution in [0.25, 0.3) is 11.0 Å². The third kappa shape index (κ3) is 7.15. The highest BCUT2D eigenvalue weighted by Crippen LogP contribution is 2.45. The van der Waals surface area contributed by atoms with Crippen molar-refractivity contribution in [1.29, 1.82) is 0 Å². The molecule has 2 bridgehead atoms. The first-order valence-electron chi connectivity index (χ1n) is 18.2. The summed E-state index contributed by atoms with van der Waals surface area (Å²) in [6.45, 7) is 9.30. The Morgan fingerprint density at radius 1 is 0.882 bits per heavy atom. The minimum Gasteiger partial charge on any atom is -0.339 e. The van der Waals surface area contributed by atoms with Crippen molar-refractivity contribution in [3.63, 3.8) is 0 Å². The number of carbonyl (C=O) groups excluding carboxylic acids is 2. The Labute approximate surface area is 301 Å². The van der Waals surface area contributed by atoms with Crippen LogP contribution >= 0.6 is 0 Å². The molecule has 0 radical (unpaired) electrons. The van der Waals surface area contributed by atoms with Gasteiger partial charge in [-0.15, -0.1) is 0 Å². The normalized spacial score (nSPS) is 22.2. The maximum Gasteiger partial charge on any atom is 0.423 e. The lowest BCUT2D eigenvalue weighted by Crippen LogP contribution is -2.49. The van der Waals surface area contributed by atoms with Gasteiger partial charge in [-0.3, -0.25) is 9.69 Å². The Kier molecular flexibility index (Phi) is 9.47. The van der Waals surface area contributed by atoms with Gasteiger partial charge in [0.05, 0.1) is 16.6 Å². The Hall–Kier alpha value is -4.22. The first-order valence-corrected chi connectivity index (χ1v) is 19.6. The van der Waals surface area contributed by atoms with E-state index in [9.17, 15) is 18.0 Å². The van der Waals surface area contributed by atoms with Crippen LogP contribution in [-0.2, 0) is 19.7 Å². The monoisotopic (exact) mass is 711 g/mol. The number of benzene rings is 3. The van der Waals surface area contributed by atoms with E-state index in [0.29, 0.717) is 31.2 Å². The van der Waals surface area contributed by atoms with Crippen molar-refractivity contribution in [2.45, 2.75) is 107 Å². The number of hydrogen-bond acceptors (Lipinski definition) is 7. The van der Waals surface area contributed by atoms with Gasteiger partial charge in [0.1, 0.15) is 10.7 Å². The van der Waals surface area contributed by atoms with E-state index in [1.807, 2.05) is 6.07 Å². The van der Waals surface area contributed by atoms with E-state index in [1.54, 1.807) is 31.7 Å². The van der Waals surface area contributed by atoms with Crippen LogP contribution in [0.5, 0.6) is 0 Å². The largest absolute Gasteiger partial charge is 0.423 e. The van der Waals surface area contributed by atoms with Crippen LogP contribution in [0.15, 0.2) is 83.8 Å². The molecular formula is C40H49N5O5S. The van der Waals surface area contributed by atoms with Crippen molar-refractivity contribution >= 4 is 33.2 Å². The number of aryl methyl sites for hydroxylation is 1. The molecule has 2 unspecified atom stereocenters. The fourth-order valence-corrected chi connectivity index (χ4v) is 9.91. The first kappa shape index (κ1) is 35.2. The molecule has 0 spiro atoms. The van der Waals surface area contributed by atoms with E-state index in [-0.39, 0.29) is 21.8 Å². The Balaban J connectivity index is 1.05. The van der Waals surface area contributed by atoms with Gasteiger partial charge in [0, 0.05) is 36.8 Å². The molecule has 3 saturated heterocycles. The maximum atomic E-state index is 14.0. The molecule has 4 heterocycles. The Bertz CT molecular complexity index is 2000. The zero-order valence-electron chi connectivity index (χ0n) is 30.0. The van der Waals surface area contributed by atoms with E-state index in [0.717, 1.165) is 50.0 Å². The highest BCUT2D eigenvalue weighted by atomic mass is 32.2. The van der Waals surface area contributed by atoms with Crippen molar-refractivity contribution in [1.82, 2.24) is 24.7 Å². The molecule has 270 valence electrons. The quantitative estimate of drug-likeness (QED) is 0.196. The lowest BCUT2D eigenvalue weighted by Gasteiger charge is -2.45. The zero-order valence-corrected chi connectivity index (χ0v) is 30.9. The predicted octanol–water partition coefficient (Wildman–Crippen LogP) is 6.99. The number of hydrogen-bond donors (Lipinski definition) is 1. The van der Waals surface area contributed by atoms with Crippen molar-refractivity contribution in [2.24, 2.45) is 0 Å². The smallest absolute Gasteiger partial charge is 0.339 e. The molecule has 7 rings (SSSR count). The Morgan fingerprint density at radius 2 is 1.51 bits per heavy atom. The van der Waals surface area contributed by atoms with E-state index >= 15 is 0 Å². The molecule has 2 amide bonds. The van der Waals surface area contributed by atoms with Crippen LogP contribution in [0, 0.1) is 6.92 Å². The lowest BCUT2D eigenvalue weighted by atomic mass is 9.70. The predicted molar refractivity (Wildman–Crippen MR) is 197 cm³/mol. The number of piperidine rings is 2. The molecular weight excluding hydrogens is 663 g/mol. The molecule has 3 aliphatic rings. The fourth-order valence-electron chi connectivity index (χ4n) is 8.91. The van der Waals surface area contributed by atoms with Crippen LogP contribution < -0.4 is 5.32 Å². The van der Waals surface area contributed by atoms with E-state index < -0.39 is 21.8 Å². The number of aromatic nitrogens is 2. The van der Waals surface area contributed by atoms with Gasteiger partial charge >= 0.3 is 16.2 Å². The molecule has 3 aromatic carbocycles. The van der Waals surface area contributed by atoms with E-state index in [2.05, 4.69) is 70.2 Å². The zero-order chi connectivity index (χ0) is 36.0. The number of nitrogens with zero attached hydrogens (tertiary/aromatic N) is 4. The van der Waals surface area contributed by atoms with Gasteiger partial charge < -0.3 is 19.0 Å². The van der Waals surface area contributed by atoms with Gasteiger partial charge in [-0.2, -0.15) is 8.42 Å². The van der Waals surface area contributed by atoms with Crippen LogP contribution in [0.4, 0.5) is 4.79 Å². The van der Waals surface area contributed by atoms with Gasteiger partial charge in [0.2, 0.25) is 0 Å². The molecule has 0 aliphatic carbocycles. The van der Waals surface area contributed by atoms with Gasteiger partial charge in [0.15, 0.2) is 0 Å². The van der Waals surface area contributed by atoms with Crippen molar-refractivity contribution in [3.05, 3.63) is 95.8 Å². The van der Waals surface area contributed by atoms with Crippen LogP contribution in [0.1, 0.15) is 93.5 Å². The summed E-state index contributed by atoms with van der Waals surface area (Å²) in [5.41, 5.74) is 2.81. The van der Waals surface area contributed by atoms with Crippen molar-refractivity contribution in [3.8, 4) is 0 Å². The van der Waals surface area contributed by atoms with Gasteiger partial charge in [-0.25, -0.2) is 9.78 Å². The van der Waals surface area contributed by atoms with E-state index in [1.165, 1.54) is 42.1 Å². The molecule has 0 saturated carbocycles. The minimum absolute atomic E-state index is 0.00798. The van der Waals surface area contributed by atoms with Gasteiger partial charge in [0.25, 0.3) is 5.91 Å². The molecule has 1 aromatic heterocycles. The average Bonchev–Trinajstić information content (AvgIpc) is 3.56. The van der Waals surface area contributed by atoms with E-state index in [4.69, 9.17) is 9.17 Å². The summed E-state index contributed by atoms with van der Waals surface area (Å²) in [5, 5.41) is 2.50. The minimum atomic E-state index is -4.54. The third-order valence-corrected chi connectivity index (χ3v) is 12.6. The molecule has 4 aromatic rings. The number of likely N-dealkylation sites (tertiary alicyclic amines) is 1. The maximum absolute atomic E-state index is 14.0. The first-order chi connectivity index (χ1) is 24.3. The number of imidazole rings is 1. The molecule has 10 nitrogen and oxygen atoms in total. The number of fused-ring (bicyclic) bond motifs is 3. The standard InChI is InChI=1S/C40H49N5O5S/c1-28-41-34-15-9-10-16-35(34)45(28)32-26-30-18-19-31(27-32)44(30)25-22-40(29-12-6-5-7-13-29)20-23-43(24-21-40)37(46)33-14-8-11-17-36(33)51(48,49)50-38(47)42-39(2,3)4/h5-17,30-32H,18-27H2,1-4H3,(H,42,47). The highest BCUT2D eigenvalue weighted by Gasteiger charge is 2.44. The molecule has 1 N–H and O–H groups in total.